The summed E-state index contributed by atoms with van der Waals surface area (Å²) in [6.45, 7) is 2.43. The van der Waals surface area contributed by atoms with Crippen molar-refractivity contribution in [1.29, 1.82) is 0 Å². The van der Waals surface area contributed by atoms with E-state index in [0.717, 1.165) is 0 Å². The highest BCUT2D eigenvalue weighted by atomic mass is 16.5. The number of rotatable bonds is 6. The van der Waals surface area contributed by atoms with Crippen molar-refractivity contribution in [3.05, 3.63) is 42.0 Å². The number of ether oxygens (including phenoxy) is 4. The molecule has 2 amide bonds. The lowest BCUT2D eigenvalue weighted by Gasteiger charge is -2.39. The van der Waals surface area contributed by atoms with E-state index in [1.165, 1.54) is 14.2 Å². The maximum atomic E-state index is 13.3. The first kappa shape index (κ1) is 21.3. The zero-order valence-corrected chi connectivity index (χ0v) is 17.8. The van der Waals surface area contributed by atoms with Crippen LogP contribution in [-0.2, 0) is 4.79 Å². The number of hydrogen-bond donors (Lipinski definition) is 0. The predicted octanol–water partition coefficient (Wildman–Crippen LogP) is 2.60. The standard InChI is InChI=1S/C22H26N2O6/c1-14-21(25)24(15-9-10-16(27-2)19(13-15)30-5)12-11-23(14)22(26)20-17(28-3)7-6-8-18(20)29-4/h6-10,13-14H,11-12H2,1-5H3. The summed E-state index contributed by atoms with van der Waals surface area (Å²) in [5.74, 6) is 1.43. The first-order valence-electron chi connectivity index (χ1n) is 9.52. The van der Waals surface area contributed by atoms with Crippen molar-refractivity contribution in [1.82, 2.24) is 4.90 Å². The fraction of sp³-hybridized carbons (Fsp3) is 0.364. The summed E-state index contributed by atoms with van der Waals surface area (Å²) < 4.78 is 21.3. The van der Waals surface area contributed by atoms with E-state index in [0.29, 0.717) is 47.3 Å². The molecule has 1 heterocycles. The van der Waals surface area contributed by atoms with Gasteiger partial charge in [0.2, 0.25) is 5.91 Å². The Morgan fingerprint density at radius 3 is 2.03 bits per heavy atom. The van der Waals surface area contributed by atoms with Crippen molar-refractivity contribution >= 4 is 17.5 Å². The van der Waals surface area contributed by atoms with Gasteiger partial charge in [-0.15, -0.1) is 0 Å². The van der Waals surface area contributed by atoms with Crippen LogP contribution in [0, 0.1) is 0 Å². The van der Waals surface area contributed by atoms with Crippen LogP contribution in [0.25, 0.3) is 0 Å². The second kappa shape index (κ2) is 8.94. The van der Waals surface area contributed by atoms with Gasteiger partial charge in [0, 0.05) is 24.8 Å². The quantitative estimate of drug-likeness (QED) is 0.723. The molecule has 160 valence electrons. The molecular weight excluding hydrogens is 388 g/mol. The average molecular weight is 414 g/mol. The molecule has 0 N–H and O–H groups in total. The summed E-state index contributed by atoms with van der Waals surface area (Å²) in [5, 5.41) is 0. The van der Waals surface area contributed by atoms with Gasteiger partial charge in [-0.1, -0.05) is 6.07 Å². The van der Waals surface area contributed by atoms with Crippen molar-refractivity contribution in [2.24, 2.45) is 0 Å². The van der Waals surface area contributed by atoms with Crippen LogP contribution in [0.5, 0.6) is 23.0 Å². The number of carbonyl (C=O) groups is 2. The molecule has 1 saturated heterocycles. The van der Waals surface area contributed by atoms with Crippen molar-refractivity contribution in [3.63, 3.8) is 0 Å². The highest BCUT2D eigenvalue weighted by Gasteiger charge is 2.37. The molecule has 0 radical (unpaired) electrons. The molecule has 30 heavy (non-hydrogen) atoms. The summed E-state index contributed by atoms with van der Waals surface area (Å²) in [6, 6.07) is 9.79. The summed E-state index contributed by atoms with van der Waals surface area (Å²) in [4.78, 5) is 29.6. The Kier molecular flexibility index (Phi) is 6.34. The molecule has 0 bridgehead atoms. The molecule has 1 atom stereocenters. The van der Waals surface area contributed by atoms with Gasteiger partial charge in [0.05, 0.1) is 28.4 Å². The van der Waals surface area contributed by atoms with Crippen LogP contribution in [0.1, 0.15) is 17.3 Å². The highest BCUT2D eigenvalue weighted by molar-refractivity contribution is 6.05. The van der Waals surface area contributed by atoms with Crippen molar-refractivity contribution in [3.8, 4) is 23.0 Å². The van der Waals surface area contributed by atoms with Gasteiger partial charge in [-0.05, 0) is 31.2 Å². The van der Waals surface area contributed by atoms with E-state index >= 15 is 0 Å². The third-order valence-electron chi connectivity index (χ3n) is 5.24. The molecule has 2 aromatic carbocycles. The van der Waals surface area contributed by atoms with Gasteiger partial charge in [0.25, 0.3) is 5.91 Å². The van der Waals surface area contributed by atoms with Gasteiger partial charge < -0.3 is 28.7 Å². The number of benzene rings is 2. The third kappa shape index (κ3) is 3.72. The predicted molar refractivity (Wildman–Crippen MR) is 112 cm³/mol. The Labute approximate surface area is 175 Å². The zero-order valence-electron chi connectivity index (χ0n) is 17.8. The molecule has 2 aromatic rings. The van der Waals surface area contributed by atoms with E-state index in [1.54, 1.807) is 67.3 Å². The fourth-order valence-electron chi connectivity index (χ4n) is 3.60. The number of amides is 2. The molecule has 1 aliphatic rings. The van der Waals surface area contributed by atoms with Crippen LogP contribution in [-0.4, -0.2) is 64.3 Å². The smallest absolute Gasteiger partial charge is 0.262 e. The Balaban J connectivity index is 1.87. The van der Waals surface area contributed by atoms with Crippen LogP contribution < -0.4 is 23.8 Å². The van der Waals surface area contributed by atoms with Crippen molar-refractivity contribution in [2.45, 2.75) is 13.0 Å². The largest absolute Gasteiger partial charge is 0.496 e. The van der Waals surface area contributed by atoms with Crippen LogP contribution in [0.2, 0.25) is 0 Å². The van der Waals surface area contributed by atoms with Crippen LogP contribution >= 0.6 is 0 Å². The summed E-state index contributed by atoms with van der Waals surface area (Å²) in [7, 11) is 6.09. The molecule has 1 aliphatic heterocycles. The van der Waals surface area contributed by atoms with Gasteiger partial charge >= 0.3 is 0 Å². The lowest BCUT2D eigenvalue weighted by atomic mass is 10.1. The van der Waals surface area contributed by atoms with Gasteiger partial charge in [0.1, 0.15) is 23.1 Å². The minimum Gasteiger partial charge on any atom is -0.496 e. The molecule has 0 spiro atoms. The minimum absolute atomic E-state index is 0.185. The topological polar surface area (TPSA) is 77.5 Å². The Bertz CT molecular complexity index is 923. The molecule has 1 fully saturated rings. The lowest BCUT2D eigenvalue weighted by molar-refractivity contribution is -0.124. The monoisotopic (exact) mass is 414 g/mol. The molecule has 8 heteroatoms. The fourth-order valence-corrected chi connectivity index (χ4v) is 3.60. The number of hydrogen-bond acceptors (Lipinski definition) is 6. The summed E-state index contributed by atoms with van der Waals surface area (Å²) >= 11 is 0. The minimum atomic E-state index is -0.658. The Hall–Kier alpha value is -3.42. The van der Waals surface area contributed by atoms with Gasteiger partial charge in [-0.2, -0.15) is 0 Å². The van der Waals surface area contributed by atoms with E-state index in [-0.39, 0.29) is 11.8 Å². The van der Waals surface area contributed by atoms with Gasteiger partial charge in [0.15, 0.2) is 11.5 Å². The van der Waals surface area contributed by atoms with E-state index in [4.69, 9.17) is 18.9 Å². The third-order valence-corrected chi connectivity index (χ3v) is 5.24. The maximum absolute atomic E-state index is 13.3. The first-order chi connectivity index (χ1) is 14.5. The van der Waals surface area contributed by atoms with E-state index in [2.05, 4.69) is 0 Å². The number of nitrogens with zero attached hydrogens (tertiary/aromatic N) is 2. The van der Waals surface area contributed by atoms with E-state index in [9.17, 15) is 9.59 Å². The zero-order chi connectivity index (χ0) is 21.8. The molecule has 8 nitrogen and oxygen atoms in total. The molecule has 0 aromatic heterocycles. The van der Waals surface area contributed by atoms with Crippen LogP contribution in [0.4, 0.5) is 5.69 Å². The SMILES string of the molecule is COc1ccc(N2CCN(C(=O)c3c(OC)cccc3OC)C(C)C2=O)cc1OC. The normalized spacial score (nSPS) is 16.3. The van der Waals surface area contributed by atoms with Crippen LogP contribution in [0.3, 0.4) is 0 Å². The van der Waals surface area contributed by atoms with Crippen LogP contribution in [0.15, 0.2) is 36.4 Å². The Morgan fingerprint density at radius 2 is 1.47 bits per heavy atom. The van der Waals surface area contributed by atoms with E-state index < -0.39 is 6.04 Å². The van der Waals surface area contributed by atoms with Crippen molar-refractivity contribution < 1.29 is 28.5 Å². The number of methoxy groups -OCH3 is 4. The molecule has 1 unspecified atom stereocenters. The van der Waals surface area contributed by atoms with E-state index in [1.807, 2.05) is 0 Å². The molecule has 0 aliphatic carbocycles. The van der Waals surface area contributed by atoms with Crippen molar-refractivity contribution in [2.75, 3.05) is 46.4 Å². The molecular formula is C22H26N2O6. The Morgan fingerprint density at radius 1 is 0.867 bits per heavy atom. The summed E-state index contributed by atoms with van der Waals surface area (Å²) in [5.41, 5.74) is 0.994. The summed E-state index contributed by atoms with van der Waals surface area (Å²) in [6.07, 6.45) is 0. The maximum Gasteiger partial charge on any atom is 0.262 e. The molecule has 0 saturated carbocycles. The number of carbonyl (C=O) groups excluding carboxylic acids is 2. The number of piperazine rings is 1. The number of anilines is 1. The highest BCUT2D eigenvalue weighted by Crippen LogP contribution is 2.34. The molecule has 3 rings (SSSR count). The average Bonchev–Trinajstić information content (AvgIpc) is 2.79. The van der Waals surface area contributed by atoms with Gasteiger partial charge in [-0.25, -0.2) is 0 Å². The van der Waals surface area contributed by atoms with Gasteiger partial charge in [-0.3, -0.25) is 9.59 Å². The second-order valence-electron chi connectivity index (χ2n) is 6.74. The first-order valence-corrected chi connectivity index (χ1v) is 9.52. The lowest BCUT2D eigenvalue weighted by Crippen LogP contribution is -2.57. The second-order valence-corrected chi connectivity index (χ2v) is 6.74.